The monoisotopic (exact) mass is 348 g/mol. The first-order valence-electron chi connectivity index (χ1n) is 9.69. The Balaban J connectivity index is 1.50. The van der Waals surface area contributed by atoms with Gasteiger partial charge in [0.05, 0.1) is 0 Å². The van der Waals surface area contributed by atoms with E-state index < -0.39 is 0 Å². The number of rotatable bonds is 9. The minimum absolute atomic E-state index is 0.176. The Bertz CT molecular complexity index is 512. The summed E-state index contributed by atoms with van der Waals surface area (Å²) < 4.78 is 13.1. The van der Waals surface area contributed by atoms with Crippen molar-refractivity contribution in [3.63, 3.8) is 0 Å². The highest BCUT2D eigenvalue weighted by atomic mass is 19.1. The summed E-state index contributed by atoms with van der Waals surface area (Å²) in [5, 5.41) is 6.64. The van der Waals surface area contributed by atoms with Crippen molar-refractivity contribution in [2.24, 2.45) is 4.99 Å². The van der Waals surface area contributed by atoms with Crippen LogP contribution in [0.5, 0.6) is 0 Å². The molecule has 1 fully saturated rings. The molecule has 0 saturated carbocycles. The van der Waals surface area contributed by atoms with Crippen molar-refractivity contribution in [1.82, 2.24) is 15.5 Å². The van der Waals surface area contributed by atoms with Crippen molar-refractivity contribution in [3.8, 4) is 0 Å². The third-order valence-electron chi connectivity index (χ3n) is 4.71. The maximum absolute atomic E-state index is 13.1. The van der Waals surface area contributed by atoms with Crippen molar-refractivity contribution in [2.75, 3.05) is 39.8 Å². The summed E-state index contributed by atoms with van der Waals surface area (Å²) in [5.74, 6) is 0.650. The lowest BCUT2D eigenvalue weighted by molar-refractivity contribution is 0.224. The smallest absolute Gasteiger partial charge is 0.190 e. The molecule has 2 N–H and O–H groups in total. The van der Waals surface area contributed by atoms with Crippen LogP contribution in [-0.4, -0.2) is 50.6 Å². The van der Waals surface area contributed by atoms with Gasteiger partial charge in [0.15, 0.2) is 5.96 Å². The van der Waals surface area contributed by atoms with E-state index >= 15 is 0 Å². The average molecular weight is 349 g/mol. The third-order valence-corrected chi connectivity index (χ3v) is 4.71. The summed E-state index contributed by atoms with van der Waals surface area (Å²) in [6.45, 7) is 5.53. The molecule has 1 saturated heterocycles. The van der Waals surface area contributed by atoms with Gasteiger partial charge in [0.1, 0.15) is 5.82 Å². The molecule has 140 valence electrons. The molecular weight excluding hydrogens is 315 g/mol. The molecule has 1 aromatic rings. The Labute approximate surface area is 151 Å². The highest BCUT2D eigenvalue weighted by Crippen LogP contribution is 2.09. The van der Waals surface area contributed by atoms with Crippen LogP contribution >= 0.6 is 0 Å². The lowest BCUT2D eigenvalue weighted by Gasteiger charge is -2.26. The van der Waals surface area contributed by atoms with Gasteiger partial charge in [-0.05, 0) is 69.4 Å². The SMILES string of the molecule is CN=C(NCCCCCN1CCCCC1)NCCc1cccc(F)c1. The number of nitrogens with zero attached hydrogens (tertiary/aromatic N) is 2. The van der Waals surface area contributed by atoms with E-state index in [1.165, 1.54) is 64.2 Å². The first kappa shape index (κ1) is 19.7. The van der Waals surface area contributed by atoms with Crippen molar-refractivity contribution in [1.29, 1.82) is 0 Å². The molecule has 0 atom stereocenters. The van der Waals surface area contributed by atoms with Gasteiger partial charge in [-0.25, -0.2) is 4.39 Å². The van der Waals surface area contributed by atoms with Crippen molar-refractivity contribution >= 4 is 5.96 Å². The first-order valence-corrected chi connectivity index (χ1v) is 9.69. The normalized spacial score (nSPS) is 16.0. The summed E-state index contributed by atoms with van der Waals surface area (Å²) in [4.78, 5) is 6.84. The van der Waals surface area contributed by atoms with E-state index in [0.29, 0.717) is 0 Å². The number of hydrogen-bond donors (Lipinski definition) is 2. The molecule has 0 aromatic heterocycles. The molecule has 2 rings (SSSR count). The largest absolute Gasteiger partial charge is 0.356 e. The fourth-order valence-corrected chi connectivity index (χ4v) is 3.27. The maximum atomic E-state index is 13.1. The van der Waals surface area contributed by atoms with Crippen LogP contribution < -0.4 is 10.6 Å². The van der Waals surface area contributed by atoms with Gasteiger partial charge >= 0.3 is 0 Å². The van der Waals surface area contributed by atoms with Crippen molar-refractivity contribution < 1.29 is 4.39 Å². The van der Waals surface area contributed by atoms with Gasteiger partial charge in [0, 0.05) is 20.1 Å². The van der Waals surface area contributed by atoms with E-state index in [1.807, 2.05) is 6.07 Å². The molecule has 0 amide bonds. The van der Waals surface area contributed by atoms with Crippen molar-refractivity contribution in [2.45, 2.75) is 44.9 Å². The summed E-state index contributed by atoms with van der Waals surface area (Å²) in [7, 11) is 1.79. The summed E-state index contributed by atoms with van der Waals surface area (Å²) in [6, 6.07) is 6.76. The molecule has 0 unspecified atom stereocenters. The topological polar surface area (TPSA) is 39.7 Å². The van der Waals surface area contributed by atoms with E-state index in [0.717, 1.165) is 31.0 Å². The second-order valence-corrected chi connectivity index (χ2v) is 6.77. The molecule has 1 aliphatic heterocycles. The molecular formula is C20H33FN4. The summed E-state index contributed by atoms with van der Waals surface area (Å²) >= 11 is 0. The average Bonchev–Trinajstić information content (AvgIpc) is 2.64. The van der Waals surface area contributed by atoms with Gasteiger partial charge in [-0.1, -0.05) is 25.0 Å². The van der Waals surface area contributed by atoms with E-state index in [2.05, 4.69) is 20.5 Å². The zero-order valence-electron chi connectivity index (χ0n) is 15.6. The highest BCUT2D eigenvalue weighted by molar-refractivity contribution is 5.79. The van der Waals surface area contributed by atoms with E-state index in [1.54, 1.807) is 19.2 Å². The van der Waals surface area contributed by atoms with Crippen LogP contribution in [-0.2, 0) is 6.42 Å². The number of nitrogens with one attached hydrogen (secondary N) is 2. The second-order valence-electron chi connectivity index (χ2n) is 6.77. The lowest BCUT2D eigenvalue weighted by atomic mass is 10.1. The van der Waals surface area contributed by atoms with Crippen LogP contribution in [0.15, 0.2) is 29.3 Å². The van der Waals surface area contributed by atoms with Crippen LogP contribution in [0, 0.1) is 5.82 Å². The minimum Gasteiger partial charge on any atom is -0.356 e. The highest BCUT2D eigenvalue weighted by Gasteiger charge is 2.08. The summed E-state index contributed by atoms with van der Waals surface area (Å²) in [5.41, 5.74) is 1.00. The van der Waals surface area contributed by atoms with Crippen molar-refractivity contribution in [3.05, 3.63) is 35.6 Å². The number of unbranched alkanes of at least 4 members (excludes halogenated alkanes) is 2. The molecule has 1 heterocycles. The predicted octanol–water partition coefficient (Wildman–Crippen LogP) is 3.19. The molecule has 1 aliphatic rings. The Hall–Kier alpha value is -1.62. The number of piperidine rings is 1. The van der Waals surface area contributed by atoms with E-state index in [-0.39, 0.29) is 5.82 Å². The van der Waals surface area contributed by atoms with Crippen LogP contribution in [0.4, 0.5) is 4.39 Å². The number of guanidine groups is 1. The Morgan fingerprint density at radius 1 is 1.08 bits per heavy atom. The van der Waals surface area contributed by atoms with Crippen LogP contribution in [0.2, 0.25) is 0 Å². The zero-order chi connectivity index (χ0) is 17.7. The van der Waals surface area contributed by atoms with Gasteiger partial charge in [0.2, 0.25) is 0 Å². The standard InChI is InChI=1S/C20H33FN4/c1-22-20(24-13-11-18-9-8-10-19(21)17-18)23-12-4-2-5-14-25-15-6-3-7-16-25/h8-10,17H,2-7,11-16H2,1H3,(H2,22,23,24). The van der Waals surface area contributed by atoms with Gasteiger partial charge in [-0.3, -0.25) is 4.99 Å². The molecule has 4 nitrogen and oxygen atoms in total. The number of likely N-dealkylation sites (tertiary alicyclic amines) is 1. The van der Waals surface area contributed by atoms with Crippen LogP contribution in [0.1, 0.15) is 44.1 Å². The minimum atomic E-state index is -0.176. The maximum Gasteiger partial charge on any atom is 0.190 e. The Kier molecular flexibility index (Phi) is 9.34. The van der Waals surface area contributed by atoms with Gasteiger partial charge < -0.3 is 15.5 Å². The van der Waals surface area contributed by atoms with Gasteiger partial charge in [-0.2, -0.15) is 0 Å². The lowest BCUT2D eigenvalue weighted by Crippen LogP contribution is -2.38. The molecule has 0 aliphatic carbocycles. The fraction of sp³-hybridized carbons (Fsp3) is 0.650. The number of halogens is 1. The first-order chi connectivity index (χ1) is 12.3. The molecule has 25 heavy (non-hydrogen) atoms. The Morgan fingerprint density at radius 3 is 2.64 bits per heavy atom. The molecule has 5 heteroatoms. The quantitative estimate of drug-likeness (QED) is 0.409. The van der Waals surface area contributed by atoms with Crippen LogP contribution in [0.3, 0.4) is 0 Å². The summed E-state index contributed by atoms with van der Waals surface area (Å²) in [6.07, 6.45) is 8.65. The Morgan fingerprint density at radius 2 is 1.88 bits per heavy atom. The molecule has 0 spiro atoms. The third kappa shape index (κ3) is 8.34. The number of hydrogen-bond acceptors (Lipinski definition) is 2. The molecule has 0 bridgehead atoms. The fourth-order valence-electron chi connectivity index (χ4n) is 3.27. The second kappa shape index (κ2) is 11.9. The molecule has 1 aromatic carbocycles. The van der Waals surface area contributed by atoms with E-state index in [9.17, 15) is 4.39 Å². The van der Waals surface area contributed by atoms with Gasteiger partial charge in [-0.15, -0.1) is 0 Å². The van der Waals surface area contributed by atoms with Gasteiger partial charge in [0.25, 0.3) is 0 Å². The number of benzene rings is 1. The molecule has 0 radical (unpaired) electrons. The predicted molar refractivity (Wildman–Crippen MR) is 104 cm³/mol. The number of aliphatic imine (C=N–C) groups is 1. The van der Waals surface area contributed by atoms with Crippen LogP contribution in [0.25, 0.3) is 0 Å². The zero-order valence-corrected chi connectivity index (χ0v) is 15.6. The van der Waals surface area contributed by atoms with E-state index in [4.69, 9.17) is 0 Å².